The third-order valence-corrected chi connectivity index (χ3v) is 3.54. The van der Waals surface area contributed by atoms with Crippen LogP contribution in [0.1, 0.15) is 12.0 Å². The van der Waals surface area contributed by atoms with Gasteiger partial charge in [-0.25, -0.2) is 8.78 Å². The molecular formula is C14H16F2N2O3. The van der Waals surface area contributed by atoms with Crippen molar-refractivity contribution in [1.82, 2.24) is 10.2 Å². The molecule has 0 spiro atoms. The van der Waals surface area contributed by atoms with E-state index in [4.69, 9.17) is 9.47 Å². The number of fused-ring (bicyclic) bond motifs is 1. The lowest BCUT2D eigenvalue weighted by molar-refractivity contribution is -0.122. The highest BCUT2D eigenvalue weighted by molar-refractivity contribution is 5.78. The lowest BCUT2D eigenvalue weighted by atomic mass is 10.2. The molecule has 1 aromatic carbocycles. The van der Waals surface area contributed by atoms with Crippen LogP contribution in [0.2, 0.25) is 0 Å². The van der Waals surface area contributed by atoms with Crippen molar-refractivity contribution >= 4 is 5.91 Å². The highest BCUT2D eigenvalue weighted by Crippen LogP contribution is 2.32. The van der Waals surface area contributed by atoms with Gasteiger partial charge in [0.25, 0.3) is 5.92 Å². The third-order valence-electron chi connectivity index (χ3n) is 3.54. The second-order valence-electron chi connectivity index (χ2n) is 5.28. The first-order chi connectivity index (χ1) is 10.0. The van der Waals surface area contributed by atoms with E-state index in [1.165, 1.54) is 4.90 Å². The van der Waals surface area contributed by atoms with Gasteiger partial charge in [0.05, 0.1) is 13.1 Å². The van der Waals surface area contributed by atoms with E-state index in [0.29, 0.717) is 18.0 Å². The summed E-state index contributed by atoms with van der Waals surface area (Å²) in [5, 5.41) is 2.72. The smallest absolute Gasteiger partial charge is 0.261 e. The van der Waals surface area contributed by atoms with Crippen LogP contribution in [0.25, 0.3) is 0 Å². The van der Waals surface area contributed by atoms with Crippen LogP contribution in [0, 0.1) is 0 Å². The summed E-state index contributed by atoms with van der Waals surface area (Å²) in [4.78, 5) is 13.2. The number of carbonyl (C=O) groups excluding carboxylic acids is 1. The molecule has 7 heteroatoms. The molecule has 2 aliphatic heterocycles. The van der Waals surface area contributed by atoms with Gasteiger partial charge in [0, 0.05) is 19.5 Å². The van der Waals surface area contributed by atoms with Gasteiger partial charge in [-0.15, -0.1) is 0 Å². The van der Waals surface area contributed by atoms with Crippen LogP contribution in [-0.2, 0) is 11.3 Å². The molecule has 2 heterocycles. The zero-order valence-electron chi connectivity index (χ0n) is 11.4. The van der Waals surface area contributed by atoms with Gasteiger partial charge in [-0.05, 0) is 17.7 Å². The normalized spacial score (nSPS) is 19.7. The van der Waals surface area contributed by atoms with E-state index in [-0.39, 0.29) is 38.8 Å². The molecule has 5 nitrogen and oxygen atoms in total. The van der Waals surface area contributed by atoms with Crippen LogP contribution in [0.3, 0.4) is 0 Å². The first kappa shape index (κ1) is 14.1. The number of rotatable bonds is 4. The summed E-state index contributed by atoms with van der Waals surface area (Å²) in [6.45, 7) is 0.447. The zero-order valence-corrected chi connectivity index (χ0v) is 11.4. The number of alkyl halides is 2. The maximum Gasteiger partial charge on any atom is 0.261 e. The number of amides is 1. The maximum absolute atomic E-state index is 13.0. The summed E-state index contributed by atoms with van der Waals surface area (Å²) in [7, 11) is 0. The molecule has 0 radical (unpaired) electrons. The van der Waals surface area contributed by atoms with Crippen LogP contribution >= 0.6 is 0 Å². The fourth-order valence-electron chi connectivity index (χ4n) is 2.45. The fourth-order valence-corrected chi connectivity index (χ4v) is 2.45. The minimum absolute atomic E-state index is 0.000141. The topological polar surface area (TPSA) is 50.8 Å². The number of likely N-dealkylation sites (tertiary alicyclic amines) is 1. The molecule has 0 atom stereocenters. The minimum atomic E-state index is -2.67. The van der Waals surface area contributed by atoms with Crippen molar-refractivity contribution in [1.29, 1.82) is 0 Å². The van der Waals surface area contributed by atoms with E-state index >= 15 is 0 Å². The summed E-state index contributed by atoms with van der Waals surface area (Å²) < 4.78 is 36.5. The first-order valence-corrected chi connectivity index (χ1v) is 6.77. The molecule has 1 N–H and O–H groups in total. The number of nitrogens with one attached hydrogen (secondary N) is 1. The largest absolute Gasteiger partial charge is 0.454 e. The molecule has 114 valence electrons. The van der Waals surface area contributed by atoms with Crippen LogP contribution in [0.15, 0.2) is 18.2 Å². The molecule has 0 unspecified atom stereocenters. The second-order valence-corrected chi connectivity index (χ2v) is 5.28. The van der Waals surface area contributed by atoms with E-state index in [2.05, 4.69) is 5.32 Å². The van der Waals surface area contributed by atoms with Gasteiger partial charge in [-0.2, -0.15) is 0 Å². The summed E-state index contributed by atoms with van der Waals surface area (Å²) in [6.07, 6.45) is -0.178. The van der Waals surface area contributed by atoms with Gasteiger partial charge < -0.3 is 14.8 Å². The minimum Gasteiger partial charge on any atom is -0.454 e. The number of carbonyl (C=O) groups is 1. The average molecular weight is 298 g/mol. The molecular weight excluding hydrogens is 282 g/mol. The van der Waals surface area contributed by atoms with Crippen molar-refractivity contribution in [3.05, 3.63) is 23.8 Å². The van der Waals surface area contributed by atoms with Crippen molar-refractivity contribution in [3.63, 3.8) is 0 Å². The molecule has 0 aliphatic carbocycles. The van der Waals surface area contributed by atoms with Crippen molar-refractivity contribution in [2.24, 2.45) is 0 Å². The second kappa shape index (κ2) is 5.48. The van der Waals surface area contributed by atoms with Gasteiger partial charge in [0.1, 0.15) is 0 Å². The highest BCUT2D eigenvalue weighted by Gasteiger charge is 2.38. The Morgan fingerprint density at radius 1 is 1.33 bits per heavy atom. The quantitative estimate of drug-likeness (QED) is 0.912. The molecule has 1 aromatic rings. The van der Waals surface area contributed by atoms with Gasteiger partial charge in [0.15, 0.2) is 11.5 Å². The van der Waals surface area contributed by atoms with Gasteiger partial charge in [-0.3, -0.25) is 9.69 Å². The number of benzene rings is 1. The Bertz CT molecular complexity index is 551. The van der Waals surface area contributed by atoms with Crippen LogP contribution in [0.5, 0.6) is 11.5 Å². The SMILES string of the molecule is O=C(CN1CCC(F)(F)C1)NCc1ccc2c(c1)OCO2. The molecule has 21 heavy (non-hydrogen) atoms. The standard InChI is InChI=1S/C14H16F2N2O3/c15-14(16)3-4-18(8-14)7-13(19)17-6-10-1-2-11-12(5-10)21-9-20-11/h1-2,5H,3-4,6-9H2,(H,17,19). The summed E-state index contributed by atoms with van der Waals surface area (Å²) in [6, 6.07) is 5.41. The third kappa shape index (κ3) is 3.41. The van der Waals surface area contributed by atoms with Gasteiger partial charge in [0.2, 0.25) is 12.7 Å². The summed E-state index contributed by atoms with van der Waals surface area (Å²) in [5.41, 5.74) is 0.874. The number of nitrogens with zero attached hydrogens (tertiary/aromatic N) is 1. The lowest BCUT2D eigenvalue weighted by Gasteiger charge is -2.15. The Hall–Kier alpha value is -1.89. The van der Waals surface area contributed by atoms with E-state index < -0.39 is 5.92 Å². The van der Waals surface area contributed by atoms with Gasteiger partial charge in [-0.1, -0.05) is 6.07 Å². The number of halogens is 2. The van der Waals surface area contributed by atoms with E-state index in [0.717, 1.165) is 5.56 Å². The number of hydrogen-bond donors (Lipinski definition) is 1. The predicted octanol–water partition coefficient (Wildman–Crippen LogP) is 1.37. The predicted molar refractivity (Wildman–Crippen MR) is 70.4 cm³/mol. The Morgan fingerprint density at radius 2 is 2.14 bits per heavy atom. The van der Waals surface area contributed by atoms with Crippen molar-refractivity contribution in [2.45, 2.75) is 18.9 Å². The monoisotopic (exact) mass is 298 g/mol. The molecule has 0 saturated carbocycles. The molecule has 0 aromatic heterocycles. The Labute approximate surface area is 120 Å². The van der Waals surface area contributed by atoms with Crippen LogP contribution in [0.4, 0.5) is 8.78 Å². The Balaban J connectivity index is 1.48. The van der Waals surface area contributed by atoms with E-state index in [1.54, 1.807) is 12.1 Å². The Morgan fingerprint density at radius 3 is 2.90 bits per heavy atom. The molecule has 1 amide bonds. The first-order valence-electron chi connectivity index (χ1n) is 6.77. The van der Waals surface area contributed by atoms with Crippen LogP contribution < -0.4 is 14.8 Å². The molecule has 2 aliphatic rings. The fraction of sp³-hybridized carbons (Fsp3) is 0.500. The van der Waals surface area contributed by atoms with E-state index in [1.807, 2.05) is 6.07 Å². The molecule has 1 saturated heterocycles. The van der Waals surface area contributed by atoms with Crippen LogP contribution in [-0.4, -0.2) is 43.2 Å². The van der Waals surface area contributed by atoms with Crippen molar-refractivity contribution in [3.8, 4) is 11.5 Å². The Kier molecular flexibility index (Phi) is 3.67. The number of hydrogen-bond acceptors (Lipinski definition) is 4. The highest BCUT2D eigenvalue weighted by atomic mass is 19.3. The zero-order chi connectivity index (χ0) is 14.9. The summed E-state index contributed by atoms with van der Waals surface area (Å²) >= 11 is 0. The number of ether oxygens (including phenoxy) is 2. The van der Waals surface area contributed by atoms with Crippen molar-refractivity contribution in [2.75, 3.05) is 26.4 Å². The average Bonchev–Trinajstić information content (AvgIpc) is 3.02. The molecule has 3 rings (SSSR count). The molecule has 1 fully saturated rings. The summed E-state index contributed by atoms with van der Waals surface area (Å²) in [5.74, 6) is -1.59. The van der Waals surface area contributed by atoms with E-state index in [9.17, 15) is 13.6 Å². The lowest BCUT2D eigenvalue weighted by Crippen LogP contribution is -2.36. The van der Waals surface area contributed by atoms with Crippen molar-refractivity contribution < 1.29 is 23.0 Å². The van der Waals surface area contributed by atoms with Gasteiger partial charge >= 0.3 is 0 Å². The maximum atomic E-state index is 13.0. The molecule has 0 bridgehead atoms.